The molecule has 0 bridgehead atoms. The van der Waals surface area contributed by atoms with Crippen molar-refractivity contribution in [2.45, 2.75) is 20.8 Å². The van der Waals surface area contributed by atoms with Gasteiger partial charge in [0, 0.05) is 0 Å². The van der Waals surface area contributed by atoms with Gasteiger partial charge in [-0.3, -0.25) is 4.79 Å². The Morgan fingerprint density at radius 1 is 1.18 bits per heavy atom. The molecule has 0 fully saturated rings. The van der Waals surface area contributed by atoms with Gasteiger partial charge >= 0.3 is 0 Å². The van der Waals surface area contributed by atoms with Crippen LogP contribution in [0.25, 0.3) is 5.69 Å². The van der Waals surface area contributed by atoms with Crippen LogP contribution in [0.3, 0.4) is 0 Å². The lowest BCUT2D eigenvalue weighted by atomic mass is 10.1. The Morgan fingerprint density at radius 3 is 2.54 bits per heavy atom. The number of aromatic nitrogens is 2. The summed E-state index contributed by atoms with van der Waals surface area (Å²) in [6, 6.07) is 15.4. The number of hydrogen-bond donors (Lipinski definition) is 1. The highest BCUT2D eigenvalue weighted by atomic mass is 35.5. The highest BCUT2D eigenvalue weighted by molar-refractivity contribution is 6.32. The first-order chi connectivity index (χ1) is 13.4. The Morgan fingerprint density at radius 2 is 1.86 bits per heavy atom. The van der Waals surface area contributed by atoms with E-state index in [-0.39, 0.29) is 12.5 Å². The number of nitrogens with one attached hydrogen (secondary N) is 1. The second-order valence-corrected chi connectivity index (χ2v) is 6.80. The number of carbonyl (C=O) groups is 1. The van der Waals surface area contributed by atoms with Crippen LogP contribution in [0.15, 0.2) is 53.6 Å². The van der Waals surface area contributed by atoms with E-state index in [1.807, 2.05) is 69.3 Å². The Balaban J connectivity index is 1.61. The largest absolute Gasteiger partial charge is 0.484 e. The maximum atomic E-state index is 12.0. The van der Waals surface area contributed by atoms with E-state index in [0.29, 0.717) is 22.2 Å². The molecule has 1 amide bonds. The molecular formula is C21H21ClN4O2. The summed E-state index contributed by atoms with van der Waals surface area (Å²) in [5, 5.41) is 8.83. The molecule has 1 heterocycles. The Labute approximate surface area is 168 Å². The van der Waals surface area contributed by atoms with Gasteiger partial charge in [-0.15, -0.1) is 0 Å². The summed E-state index contributed by atoms with van der Waals surface area (Å²) < 4.78 is 7.14. The first-order valence-electron chi connectivity index (χ1n) is 8.77. The van der Waals surface area contributed by atoms with Crippen molar-refractivity contribution in [1.82, 2.24) is 15.2 Å². The number of aryl methyl sites for hydroxylation is 3. The molecule has 0 aliphatic rings. The van der Waals surface area contributed by atoms with Crippen molar-refractivity contribution in [3.05, 3.63) is 76.1 Å². The molecule has 0 spiro atoms. The first kappa shape index (κ1) is 19.6. The van der Waals surface area contributed by atoms with Gasteiger partial charge in [-0.1, -0.05) is 35.9 Å². The highest BCUT2D eigenvalue weighted by Crippen LogP contribution is 2.21. The quantitative estimate of drug-likeness (QED) is 0.506. The molecule has 3 aromatic rings. The second-order valence-electron chi connectivity index (χ2n) is 6.44. The zero-order valence-corrected chi connectivity index (χ0v) is 16.7. The maximum absolute atomic E-state index is 12.0. The van der Waals surface area contributed by atoms with Gasteiger partial charge < -0.3 is 4.74 Å². The fourth-order valence-electron chi connectivity index (χ4n) is 2.76. The first-order valence-corrected chi connectivity index (χ1v) is 9.15. The van der Waals surface area contributed by atoms with Crippen molar-refractivity contribution in [1.29, 1.82) is 0 Å². The zero-order valence-electron chi connectivity index (χ0n) is 15.9. The summed E-state index contributed by atoms with van der Waals surface area (Å²) in [5.74, 6) is 0.291. The van der Waals surface area contributed by atoms with Gasteiger partial charge in [0.25, 0.3) is 5.91 Å². The molecular weight excluding hydrogens is 376 g/mol. The number of para-hydroxylation sites is 1. The van der Waals surface area contributed by atoms with Crippen molar-refractivity contribution in [3.63, 3.8) is 0 Å². The number of benzene rings is 2. The number of ether oxygens (including phenoxy) is 1. The van der Waals surface area contributed by atoms with E-state index in [9.17, 15) is 4.79 Å². The summed E-state index contributed by atoms with van der Waals surface area (Å²) in [6.07, 6.45) is 1.48. The third kappa shape index (κ3) is 4.78. The number of halogens is 1. The van der Waals surface area contributed by atoms with E-state index < -0.39 is 0 Å². The molecule has 0 radical (unpaired) electrons. The van der Waals surface area contributed by atoms with Crippen LogP contribution >= 0.6 is 11.6 Å². The van der Waals surface area contributed by atoms with Crippen LogP contribution in [0.2, 0.25) is 5.15 Å². The number of nitrogens with zero attached hydrogens (tertiary/aromatic N) is 3. The van der Waals surface area contributed by atoms with E-state index in [0.717, 1.165) is 16.8 Å². The number of hydrogen-bond acceptors (Lipinski definition) is 4. The molecule has 3 rings (SSSR count). The van der Waals surface area contributed by atoms with E-state index in [1.165, 1.54) is 6.21 Å². The molecule has 1 N–H and O–H groups in total. The Kier molecular flexibility index (Phi) is 6.11. The average Bonchev–Trinajstić information content (AvgIpc) is 2.94. The fourth-order valence-corrected chi connectivity index (χ4v) is 3.09. The van der Waals surface area contributed by atoms with Crippen LogP contribution in [0, 0.1) is 20.8 Å². The lowest BCUT2D eigenvalue weighted by molar-refractivity contribution is -0.123. The van der Waals surface area contributed by atoms with Crippen LogP contribution in [0.4, 0.5) is 0 Å². The third-order valence-electron chi connectivity index (χ3n) is 4.00. The lowest BCUT2D eigenvalue weighted by Gasteiger charge is -2.07. The van der Waals surface area contributed by atoms with Gasteiger partial charge in [0.05, 0.1) is 23.2 Å². The standard InChI is InChI=1S/C21H21ClN4O2/c1-14-9-15(2)11-18(10-14)28-13-20(27)24-23-12-19-16(3)25-26(21(19)22)17-7-5-4-6-8-17/h4-12H,13H2,1-3H3,(H,24,27)/b23-12+. The molecule has 1 aromatic heterocycles. The minimum Gasteiger partial charge on any atom is -0.484 e. The van der Waals surface area contributed by atoms with Crippen LogP contribution < -0.4 is 10.2 Å². The Hall–Kier alpha value is -3.12. The zero-order chi connectivity index (χ0) is 20.1. The number of amides is 1. The topological polar surface area (TPSA) is 68.5 Å². The van der Waals surface area contributed by atoms with Gasteiger partial charge in [-0.2, -0.15) is 10.2 Å². The summed E-state index contributed by atoms with van der Waals surface area (Å²) in [7, 11) is 0. The molecule has 0 aliphatic carbocycles. The molecule has 0 saturated heterocycles. The maximum Gasteiger partial charge on any atom is 0.277 e. The number of hydrazone groups is 1. The van der Waals surface area contributed by atoms with Gasteiger partial charge in [-0.25, -0.2) is 10.1 Å². The molecule has 144 valence electrons. The highest BCUT2D eigenvalue weighted by Gasteiger charge is 2.13. The summed E-state index contributed by atoms with van der Waals surface area (Å²) in [6.45, 7) is 5.66. The van der Waals surface area contributed by atoms with Crippen LogP contribution in [-0.2, 0) is 4.79 Å². The molecule has 7 heteroatoms. The van der Waals surface area contributed by atoms with Crippen molar-refractivity contribution in [2.75, 3.05) is 6.61 Å². The van der Waals surface area contributed by atoms with Crippen molar-refractivity contribution >= 4 is 23.7 Å². The minimum absolute atomic E-state index is 0.129. The molecule has 6 nitrogen and oxygen atoms in total. The fraction of sp³-hybridized carbons (Fsp3) is 0.190. The van der Waals surface area contributed by atoms with Gasteiger partial charge in [0.1, 0.15) is 10.9 Å². The second kappa shape index (κ2) is 8.71. The van der Waals surface area contributed by atoms with E-state index in [4.69, 9.17) is 16.3 Å². The smallest absolute Gasteiger partial charge is 0.277 e. The van der Waals surface area contributed by atoms with E-state index >= 15 is 0 Å². The number of rotatable bonds is 6. The lowest BCUT2D eigenvalue weighted by Crippen LogP contribution is -2.24. The Bertz CT molecular complexity index is 992. The van der Waals surface area contributed by atoms with E-state index in [1.54, 1.807) is 4.68 Å². The monoisotopic (exact) mass is 396 g/mol. The summed E-state index contributed by atoms with van der Waals surface area (Å²) in [4.78, 5) is 12.0. The van der Waals surface area contributed by atoms with Gasteiger partial charge in [0.15, 0.2) is 6.61 Å². The predicted molar refractivity (Wildman–Crippen MR) is 110 cm³/mol. The van der Waals surface area contributed by atoms with Crippen molar-refractivity contribution < 1.29 is 9.53 Å². The van der Waals surface area contributed by atoms with Gasteiger partial charge in [0.2, 0.25) is 0 Å². The van der Waals surface area contributed by atoms with Gasteiger partial charge in [-0.05, 0) is 56.2 Å². The molecule has 28 heavy (non-hydrogen) atoms. The molecule has 0 atom stereocenters. The SMILES string of the molecule is Cc1cc(C)cc(OCC(=O)N/N=C/c2c(C)nn(-c3ccccc3)c2Cl)c1. The predicted octanol–water partition coefficient (Wildman–Crippen LogP) is 3.98. The van der Waals surface area contributed by atoms with Crippen molar-refractivity contribution in [3.8, 4) is 11.4 Å². The normalized spacial score (nSPS) is 11.0. The molecule has 0 saturated carbocycles. The number of carbonyl (C=O) groups excluding carboxylic acids is 1. The summed E-state index contributed by atoms with van der Waals surface area (Å²) in [5.41, 5.74) is 6.79. The van der Waals surface area contributed by atoms with Crippen molar-refractivity contribution in [2.24, 2.45) is 5.10 Å². The minimum atomic E-state index is -0.361. The molecule has 0 unspecified atom stereocenters. The molecule has 2 aromatic carbocycles. The van der Waals surface area contributed by atoms with E-state index in [2.05, 4.69) is 15.6 Å². The summed E-state index contributed by atoms with van der Waals surface area (Å²) >= 11 is 6.42. The van der Waals surface area contributed by atoms with Crippen LogP contribution in [0.5, 0.6) is 5.75 Å². The third-order valence-corrected chi connectivity index (χ3v) is 4.36. The van der Waals surface area contributed by atoms with Crippen LogP contribution in [0.1, 0.15) is 22.4 Å². The van der Waals surface area contributed by atoms with Crippen LogP contribution in [-0.4, -0.2) is 28.5 Å². The molecule has 0 aliphatic heterocycles. The average molecular weight is 397 g/mol.